The Morgan fingerprint density at radius 1 is 1.35 bits per heavy atom. The number of carbonyl (C=O) groups is 2. The molecule has 23 heavy (non-hydrogen) atoms. The fraction of sp³-hybridized carbons (Fsp3) is 0.688. The standard InChI is InChI=1S/C16H23ClN4O2/c1-10-8-12(10)16(23)21-6-3-4-11(5-7-21)18-15(22)14-13(17)9-20(2)19-14/h9-12H,3-8H2,1-2H3,(H,18,22)/t10-,11?,12-/m0/s1. The van der Waals surface area contributed by atoms with Gasteiger partial charge < -0.3 is 10.2 Å². The number of rotatable bonds is 3. The third-order valence-electron chi connectivity index (χ3n) is 4.80. The fourth-order valence-corrected chi connectivity index (χ4v) is 3.49. The van der Waals surface area contributed by atoms with Gasteiger partial charge in [-0.15, -0.1) is 0 Å². The van der Waals surface area contributed by atoms with E-state index in [9.17, 15) is 9.59 Å². The van der Waals surface area contributed by atoms with E-state index < -0.39 is 0 Å². The number of aromatic nitrogens is 2. The van der Waals surface area contributed by atoms with E-state index in [-0.39, 0.29) is 29.5 Å². The molecule has 1 N–H and O–H groups in total. The SMILES string of the molecule is C[C@H]1C[C@@H]1C(=O)N1CCCC(NC(=O)c2nn(C)cc2Cl)CC1. The number of carbonyl (C=O) groups excluding carboxylic acids is 2. The van der Waals surface area contributed by atoms with Crippen LogP contribution in [0.1, 0.15) is 43.1 Å². The minimum atomic E-state index is -0.240. The summed E-state index contributed by atoms with van der Waals surface area (Å²) in [4.78, 5) is 26.6. The zero-order valence-electron chi connectivity index (χ0n) is 13.6. The summed E-state index contributed by atoms with van der Waals surface area (Å²) in [5.41, 5.74) is 0.262. The lowest BCUT2D eigenvalue weighted by molar-refractivity contribution is -0.132. The quantitative estimate of drug-likeness (QED) is 0.914. The lowest BCUT2D eigenvalue weighted by atomic mass is 10.1. The first-order valence-corrected chi connectivity index (χ1v) is 8.62. The molecule has 0 radical (unpaired) electrons. The van der Waals surface area contributed by atoms with Crippen molar-refractivity contribution in [1.29, 1.82) is 0 Å². The second kappa shape index (κ2) is 6.51. The third kappa shape index (κ3) is 3.68. The maximum Gasteiger partial charge on any atom is 0.273 e. The van der Waals surface area contributed by atoms with Crippen molar-refractivity contribution in [2.24, 2.45) is 18.9 Å². The molecular formula is C16H23ClN4O2. The Kier molecular flexibility index (Phi) is 4.62. The van der Waals surface area contributed by atoms with Crippen molar-refractivity contribution in [3.8, 4) is 0 Å². The maximum absolute atomic E-state index is 12.3. The molecule has 0 bridgehead atoms. The summed E-state index contributed by atoms with van der Waals surface area (Å²) >= 11 is 6.01. The highest BCUT2D eigenvalue weighted by atomic mass is 35.5. The van der Waals surface area contributed by atoms with Crippen LogP contribution in [0.4, 0.5) is 0 Å². The average Bonchev–Trinajstić information content (AvgIpc) is 3.19. The molecule has 3 atom stereocenters. The number of amides is 2. The van der Waals surface area contributed by atoms with Gasteiger partial charge in [-0.2, -0.15) is 5.10 Å². The first-order valence-electron chi connectivity index (χ1n) is 8.24. The average molecular weight is 339 g/mol. The molecule has 1 unspecified atom stereocenters. The summed E-state index contributed by atoms with van der Waals surface area (Å²) in [6.45, 7) is 3.63. The summed E-state index contributed by atoms with van der Waals surface area (Å²) in [7, 11) is 1.73. The van der Waals surface area contributed by atoms with Crippen molar-refractivity contribution in [1.82, 2.24) is 20.0 Å². The third-order valence-corrected chi connectivity index (χ3v) is 5.08. The van der Waals surface area contributed by atoms with Crippen LogP contribution >= 0.6 is 11.6 Å². The van der Waals surface area contributed by atoms with E-state index in [0.717, 1.165) is 32.2 Å². The van der Waals surface area contributed by atoms with E-state index >= 15 is 0 Å². The maximum atomic E-state index is 12.3. The first-order chi connectivity index (χ1) is 11.0. The van der Waals surface area contributed by atoms with Gasteiger partial charge in [0.25, 0.3) is 5.91 Å². The van der Waals surface area contributed by atoms with Crippen LogP contribution in [-0.4, -0.2) is 45.6 Å². The van der Waals surface area contributed by atoms with Gasteiger partial charge in [-0.05, 0) is 31.6 Å². The van der Waals surface area contributed by atoms with E-state index in [1.54, 1.807) is 13.2 Å². The van der Waals surface area contributed by atoms with Crippen molar-refractivity contribution in [2.45, 2.75) is 38.6 Å². The van der Waals surface area contributed by atoms with Crippen LogP contribution in [0.5, 0.6) is 0 Å². The van der Waals surface area contributed by atoms with Crippen molar-refractivity contribution >= 4 is 23.4 Å². The van der Waals surface area contributed by atoms with Crippen molar-refractivity contribution < 1.29 is 9.59 Å². The van der Waals surface area contributed by atoms with Gasteiger partial charge >= 0.3 is 0 Å². The Morgan fingerprint density at radius 3 is 2.70 bits per heavy atom. The van der Waals surface area contributed by atoms with Crippen LogP contribution in [0, 0.1) is 11.8 Å². The second-order valence-electron chi connectivity index (χ2n) is 6.75. The Morgan fingerprint density at radius 2 is 2.09 bits per heavy atom. The lowest BCUT2D eigenvalue weighted by Gasteiger charge is -2.21. The predicted octanol–water partition coefficient (Wildman–Crippen LogP) is 1.84. The number of hydrogen-bond donors (Lipinski definition) is 1. The summed E-state index contributed by atoms with van der Waals surface area (Å²) < 4.78 is 1.53. The largest absolute Gasteiger partial charge is 0.348 e. The molecule has 1 aliphatic carbocycles. The van der Waals surface area contributed by atoms with Gasteiger partial charge in [0, 0.05) is 38.3 Å². The van der Waals surface area contributed by atoms with E-state index in [1.165, 1.54) is 4.68 Å². The topological polar surface area (TPSA) is 67.2 Å². The highest BCUT2D eigenvalue weighted by molar-refractivity contribution is 6.33. The smallest absolute Gasteiger partial charge is 0.273 e. The molecule has 6 nitrogen and oxygen atoms in total. The predicted molar refractivity (Wildman–Crippen MR) is 87.2 cm³/mol. The van der Waals surface area contributed by atoms with Crippen molar-refractivity contribution in [2.75, 3.05) is 13.1 Å². The van der Waals surface area contributed by atoms with E-state index in [1.807, 2.05) is 4.90 Å². The van der Waals surface area contributed by atoms with Crippen LogP contribution in [-0.2, 0) is 11.8 Å². The number of aryl methyl sites for hydroxylation is 1. The Bertz CT molecular complexity index is 615. The minimum absolute atomic E-state index is 0.0648. The summed E-state index contributed by atoms with van der Waals surface area (Å²) in [6.07, 6.45) is 5.20. The van der Waals surface area contributed by atoms with Crippen LogP contribution < -0.4 is 5.32 Å². The molecule has 7 heteroatoms. The Labute approximate surface area is 141 Å². The Balaban J connectivity index is 1.55. The van der Waals surface area contributed by atoms with Gasteiger partial charge in [0.05, 0.1) is 5.02 Å². The zero-order chi connectivity index (χ0) is 16.6. The molecule has 3 rings (SSSR count). The molecular weight excluding hydrogens is 316 g/mol. The molecule has 2 aliphatic rings. The molecule has 2 fully saturated rings. The highest BCUT2D eigenvalue weighted by Crippen LogP contribution is 2.39. The molecule has 1 aromatic heterocycles. The molecule has 1 aliphatic heterocycles. The fourth-order valence-electron chi connectivity index (χ4n) is 3.23. The highest BCUT2D eigenvalue weighted by Gasteiger charge is 2.41. The van der Waals surface area contributed by atoms with Crippen LogP contribution in [0.2, 0.25) is 5.02 Å². The van der Waals surface area contributed by atoms with Gasteiger partial charge in [0.2, 0.25) is 5.91 Å². The van der Waals surface area contributed by atoms with Crippen LogP contribution in [0.3, 0.4) is 0 Å². The van der Waals surface area contributed by atoms with E-state index in [4.69, 9.17) is 11.6 Å². The molecule has 1 aromatic rings. The summed E-state index contributed by atoms with van der Waals surface area (Å²) in [5.74, 6) is 0.814. The number of hydrogen-bond acceptors (Lipinski definition) is 3. The van der Waals surface area contributed by atoms with E-state index in [0.29, 0.717) is 17.5 Å². The molecule has 2 heterocycles. The molecule has 1 saturated heterocycles. The van der Waals surface area contributed by atoms with Gasteiger partial charge in [-0.1, -0.05) is 18.5 Å². The second-order valence-corrected chi connectivity index (χ2v) is 7.15. The number of likely N-dealkylation sites (tertiary alicyclic amines) is 1. The molecule has 1 saturated carbocycles. The van der Waals surface area contributed by atoms with Gasteiger partial charge in [-0.3, -0.25) is 14.3 Å². The minimum Gasteiger partial charge on any atom is -0.348 e. The zero-order valence-corrected chi connectivity index (χ0v) is 14.3. The van der Waals surface area contributed by atoms with Crippen LogP contribution in [0.15, 0.2) is 6.20 Å². The molecule has 2 amide bonds. The van der Waals surface area contributed by atoms with Gasteiger partial charge in [-0.25, -0.2) is 0 Å². The Hall–Kier alpha value is -1.56. The summed E-state index contributed by atoms with van der Waals surface area (Å²) in [6, 6.07) is 0.0648. The van der Waals surface area contributed by atoms with Gasteiger partial charge in [0.15, 0.2) is 5.69 Å². The normalized spacial score (nSPS) is 27.4. The first kappa shape index (κ1) is 16.3. The molecule has 0 spiro atoms. The summed E-state index contributed by atoms with van der Waals surface area (Å²) in [5, 5.41) is 7.45. The number of nitrogens with one attached hydrogen (secondary N) is 1. The molecule has 126 valence electrons. The lowest BCUT2D eigenvalue weighted by Crippen LogP contribution is -2.37. The number of nitrogens with zero attached hydrogens (tertiary/aromatic N) is 3. The van der Waals surface area contributed by atoms with Crippen LogP contribution in [0.25, 0.3) is 0 Å². The van der Waals surface area contributed by atoms with Gasteiger partial charge in [0.1, 0.15) is 0 Å². The van der Waals surface area contributed by atoms with Crippen molar-refractivity contribution in [3.63, 3.8) is 0 Å². The number of halogens is 1. The van der Waals surface area contributed by atoms with E-state index in [2.05, 4.69) is 17.3 Å². The monoisotopic (exact) mass is 338 g/mol. The molecule has 0 aromatic carbocycles. The van der Waals surface area contributed by atoms with Crippen molar-refractivity contribution in [3.05, 3.63) is 16.9 Å².